The third kappa shape index (κ3) is 2.84. The van der Waals surface area contributed by atoms with E-state index >= 15 is 0 Å². The van der Waals surface area contributed by atoms with Crippen LogP contribution < -0.4 is 5.32 Å². The third-order valence-corrected chi connectivity index (χ3v) is 3.84. The zero-order valence-corrected chi connectivity index (χ0v) is 11.8. The molecule has 0 radical (unpaired) electrons. The van der Waals surface area contributed by atoms with Gasteiger partial charge < -0.3 is 5.32 Å². The molecule has 0 spiro atoms. The average Bonchev–Trinajstić information content (AvgIpc) is 3.15. The van der Waals surface area contributed by atoms with Gasteiger partial charge in [-0.1, -0.05) is 34.1 Å². The number of hydrogen-bond donors (Lipinski definition) is 2. The van der Waals surface area contributed by atoms with Gasteiger partial charge in [-0.05, 0) is 24.5 Å². The lowest BCUT2D eigenvalue weighted by Gasteiger charge is -2.04. The number of halogens is 1. The molecule has 3 rings (SSSR count). The van der Waals surface area contributed by atoms with E-state index in [0.29, 0.717) is 12.5 Å². The van der Waals surface area contributed by atoms with E-state index in [1.165, 1.54) is 0 Å². The number of nitrogens with one attached hydrogen (secondary N) is 2. The highest BCUT2D eigenvalue weighted by molar-refractivity contribution is 9.10. The number of aromatic amines is 1. The Morgan fingerprint density at radius 1 is 1.42 bits per heavy atom. The highest BCUT2D eigenvalue weighted by atomic mass is 79.9. The summed E-state index contributed by atoms with van der Waals surface area (Å²) in [5.41, 5.74) is 1.02. The molecule has 1 aromatic heterocycles. The minimum Gasteiger partial charge on any atom is -0.345 e. The first kappa shape index (κ1) is 12.3. The van der Waals surface area contributed by atoms with Crippen molar-refractivity contribution >= 4 is 21.8 Å². The van der Waals surface area contributed by atoms with Gasteiger partial charge in [0.05, 0.1) is 0 Å². The van der Waals surface area contributed by atoms with E-state index in [9.17, 15) is 4.79 Å². The van der Waals surface area contributed by atoms with Crippen LogP contribution in [-0.4, -0.2) is 21.1 Å². The van der Waals surface area contributed by atoms with Crippen LogP contribution in [0.5, 0.6) is 0 Å². The van der Waals surface area contributed by atoms with Crippen LogP contribution in [0, 0.1) is 0 Å². The van der Waals surface area contributed by atoms with Gasteiger partial charge in [-0.3, -0.25) is 9.89 Å². The second-order valence-electron chi connectivity index (χ2n) is 4.59. The highest BCUT2D eigenvalue weighted by Crippen LogP contribution is 2.37. The fraction of sp³-hybridized carbons (Fsp3) is 0.308. The maximum absolute atomic E-state index is 11.9. The van der Waals surface area contributed by atoms with Crippen molar-refractivity contribution in [1.82, 2.24) is 20.5 Å². The Hall–Kier alpha value is -1.69. The summed E-state index contributed by atoms with van der Waals surface area (Å²) < 4.78 is 0.976. The summed E-state index contributed by atoms with van der Waals surface area (Å²) >= 11 is 3.45. The van der Waals surface area contributed by atoms with E-state index in [2.05, 4.69) is 36.4 Å². The number of aromatic nitrogens is 3. The first-order valence-corrected chi connectivity index (χ1v) is 6.97. The van der Waals surface area contributed by atoms with E-state index in [4.69, 9.17) is 0 Å². The largest absolute Gasteiger partial charge is 0.345 e. The Labute approximate surface area is 119 Å². The van der Waals surface area contributed by atoms with Crippen molar-refractivity contribution in [3.63, 3.8) is 0 Å². The van der Waals surface area contributed by atoms with E-state index in [1.54, 1.807) is 0 Å². The predicted octanol–water partition coefficient (Wildman–Crippen LogP) is 2.37. The summed E-state index contributed by atoms with van der Waals surface area (Å²) in [5, 5.41) is 9.59. The first-order valence-electron chi connectivity index (χ1n) is 6.18. The molecule has 0 unspecified atom stereocenters. The van der Waals surface area contributed by atoms with Crippen molar-refractivity contribution in [3.8, 4) is 0 Å². The molecule has 0 aliphatic heterocycles. The molecule has 19 heavy (non-hydrogen) atoms. The topological polar surface area (TPSA) is 70.7 Å². The summed E-state index contributed by atoms with van der Waals surface area (Å²) in [6.45, 7) is 0.452. The smallest absolute Gasteiger partial charge is 0.291 e. The van der Waals surface area contributed by atoms with Crippen LogP contribution in [0.1, 0.15) is 40.8 Å². The average molecular weight is 321 g/mol. The lowest BCUT2D eigenvalue weighted by Crippen LogP contribution is -2.24. The van der Waals surface area contributed by atoms with Gasteiger partial charge in [-0.2, -0.15) is 0 Å². The maximum Gasteiger partial charge on any atom is 0.291 e. The summed E-state index contributed by atoms with van der Waals surface area (Å²) in [6, 6.07) is 7.77. The van der Waals surface area contributed by atoms with Gasteiger partial charge >= 0.3 is 0 Å². The molecular weight excluding hydrogens is 308 g/mol. The van der Waals surface area contributed by atoms with Crippen LogP contribution in [0.3, 0.4) is 0 Å². The standard InChI is InChI=1S/C13H13BrN4O/c14-10-4-2-1-3-9(10)7-15-13(19)12-16-11(17-18-12)8-5-6-8/h1-4,8H,5-7H2,(H,15,19)(H,16,17,18). The van der Waals surface area contributed by atoms with Gasteiger partial charge in [0, 0.05) is 16.9 Å². The number of nitrogens with zero attached hydrogens (tertiary/aromatic N) is 2. The van der Waals surface area contributed by atoms with E-state index in [0.717, 1.165) is 28.7 Å². The molecule has 1 aliphatic carbocycles. The Bertz CT molecular complexity index is 606. The van der Waals surface area contributed by atoms with Gasteiger partial charge in [-0.25, -0.2) is 4.98 Å². The minimum absolute atomic E-state index is 0.217. The quantitative estimate of drug-likeness (QED) is 0.908. The molecule has 98 valence electrons. The lowest BCUT2D eigenvalue weighted by atomic mass is 10.2. The highest BCUT2D eigenvalue weighted by Gasteiger charge is 2.28. The van der Waals surface area contributed by atoms with Crippen LogP contribution in [-0.2, 0) is 6.54 Å². The van der Waals surface area contributed by atoms with Crippen LogP contribution >= 0.6 is 15.9 Å². The second-order valence-corrected chi connectivity index (χ2v) is 5.45. The second kappa shape index (κ2) is 5.13. The van der Waals surface area contributed by atoms with Crippen molar-refractivity contribution < 1.29 is 4.79 Å². The minimum atomic E-state index is -0.251. The Kier molecular flexibility index (Phi) is 3.33. The lowest BCUT2D eigenvalue weighted by molar-refractivity contribution is 0.0941. The van der Waals surface area contributed by atoms with Crippen molar-refractivity contribution in [2.75, 3.05) is 0 Å². The van der Waals surface area contributed by atoms with E-state index in [-0.39, 0.29) is 11.7 Å². The predicted molar refractivity (Wildman–Crippen MR) is 73.7 cm³/mol. The molecule has 6 heteroatoms. The molecule has 1 amide bonds. The first-order chi connectivity index (χ1) is 9.24. The molecule has 0 saturated heterocycles. The summed E-state index contributed by atoms with van der Waals surface area (Å²) in [5.74, 6) is 1.26. The number of amides is 1. The number of carbonyl (C=O) groups is 1. The molecule has 1 heterocycles. The van der Waals surface area contributed by atoms with Crippen LogP contribution in [0.15, 0.2) is 28.7 Å². The molecule has 5 nitrogen and oxygen atoms in total. The van der Waals surface area contributed by atoms with Crippen molar-refractivity contribution in [2.24, 2.45) is 0 Å². The normalized spacial score (nSPS) is 14.4. The fourth-order valence-electron chi connectivity index (χ4n) is 1.81. The van der Waals surface area contributed by atoms with Gasteiger partial charge in [0.2, 0.25) is 5.82 Å². The monoisotopic (exact) mass is 320 g/mol. The Morgan fingerprint density at radius 3 is 2.95 bits per heavy atom. The SMILES string of the molecule is O=C(NCc1ccccc1Br)c1n[nH]c(C2CC2)n1. The molecule has 0 bridgehead atoms. The third-order valence-electron chi connectivity index (χ3n) is 3.07. The van der Waals surface area contributed by atoms with Crippen molar-refractivity contribution in [1.29, 1.82) is 0 Å². The number of rotatable bonds is 4. The Morgan fingerprint density at radius 2 is 2.21 bits per heavy atom. The van der Waals surface area contributed by atoms with Crippen molar-refractivity contribution in [2.45, 2.75) is 25.3 Å². The maximum atomic E-state index is 11.9. The molecule has 2 aromatic rings. The van der Waals surface area contributed by atoms with Crippen LogP contribution in [0.25, 0.3) is 0 Å². The summed E-state index contributed by atoms with van der Waals surface area (Å²) in [6.07, 6.45) is 2.26. The molecule has 1 aromatic carbocycles. The van der Waals surface area contributed by atoms with Gasteiger partial charge in [0.15, 0.2) is 0 Å². The van der Waals surface area contributed by atoms with E-state index < -0.39 is 0 Å². The summed E-state index contributed by atoms with van der Waals surface area (Å²) in [7, 11) is 0. The number of carbonyl (C=O) groups excluding carboxylic acids is 1. The zero-order chi connectivity index (χ0) is 13.2. The Balaban J connectivity index is 1.63. The van der Waals surface area contributed by atoms with Crippen molar-refractivity contribution in [3.05, 3.63) is 46.0 Å². The molecule has 1 fully saturated rings. The molecular formula is C13H13BrN4O. The molecule has 2 N–H and O–H groups in total. The molecule has 1 saturated carbocycles. The van der Waals surface area contributed by atoms with Crippen LogP contribution in [0.2, 0.25) is 0 Å². The molecule has 0 atom stereocenters. The van der Waals surface area contributed by atoms with Gasteiger partial charge in [-0.15, -0.1) is 5.10 Å². The molecule has 1 aliphatic rings. The van der Waals surface area contributed by atoms with Crippen LogP contribution in [0.4, 0.5) is 0 Å². The van der Waals surface area contributed by atoms with E-state index in [1.807, 2.05) is 24.3 Å². The fourth-order valence-corrected chi connectivity index (χ4v) is 2.24. The van der Waals surface area contributed by atoms with Gasteiger partial charge in [0.1, 0.15) is 5.82 Å². The zero-order valence-electron chi connectivity index (χ0n) is 10.2. The number of hydrogen-bond acceptors (Lipinski definition) is 3. The number of H-pyrrole nitrogens is 1. The van der Waals surface area contributed by atoms with Gasteiger partial charge in [0.25, 0.3) is 5.91 Å². The summed E-state index contributed by atoms with van der Waals surface area (Å²) in [4.78, 5) is 16.1. The number of benzene rings is 1.